The minimum Gasteiger partial charge on any atom is -0.312 e. The van der Waals surface area contributed by atoms with Crippen molar-refractivity contribution in [1.29, 1.82) is 0 Å². The zero-order valence-corrected chi connectivity index (χ0v) is 18.5. The van der Waals surface area contributed by atoms with E-state index in [0.717, 1.165) is 17.0 Å². The highest BCUT2D eigenvalue weighted by molar-refractivity contribution is 8.93. The number of hydrogen-bond donors (Lipinski definition) is 0. The third-order valence-electron chi connectivity index (χ3n) is 4.63. The summed E-state index contributed by atoms with van der Waals surface area (Å²) >= 11 is 1.70. The van der Waals surface area contributed by atoms with Crippen LogP contribution in [0, 0.1) is 13.8 Å². The normalized spacial score (nSPS) is 11.3. The fourth-order valence-electron chi connectivity index (χ4n) is 3.18. The van der Waals surface area contributed by atoms with E-state index < -0.39 is 0 Å². The van der Waals surface area contributed by atoms with Crippen LogP contribution in [0.5, 0.6) is 0 Å². The zero-order chi connectivity index (χ0) is 18.6. The third kappa shape index (κ3) is 4.51. The van der Waals surface area contributed by atoms with Crippen LogP contribution < -0.4 is 4.80 Å². The Hall–Kier alpha value is -2.43. The number of benzene rings is 3. The summed E-state index contributed by atoms with van der Waals surface area (Å²) < 4.78 is 2.33. The van der Waals surface area contributed by atoms with Gasteiger partial charge in [-0.05, 0) is 43.2 Å². The maximum absolute atomic E-state index is 4.92. The molecule has 0 saturated carbocycles. The van der Waals surface area contributed by atoms with E-state index in [9.17, 15) is 0 Å². The van der Waals surface area contributed by atoms with Crippen LogP contribution in [0.3, 0.4) is 0 Å². The van der Waals surface area contributed by atoms with Crippen LogP contribution in [0.25, 0.3) is 11.3 Å². The zero-order valence-electron chi connectivity index (χ0n) is 16.0. The van der Waals surface area contributed by atoms with Crippen molar-refractivity contribution in [3.05, 3.63) is 106 Å². The Kier molecular flexibility index (Phi) is 6.65. The first kappa shape index (κ1) is 20.3. The van der Waals surface area contributed by atoms with E-state index >= 15 is 0 Å². The summed E-state index contributed by atoms with van der Waals surface area (Å²) in [6.07, 6.45) is 0. The Labute approximate surface area is 180 Å². The Morgan fingerprint density at radius 2 is 1.54 bits per heavy atom. The molecule has 4 rings (SSSR count). The monoisotopic (exact) mass is 450 g/mol. The number of halogens is 1. The van der Waals surface area contributed by atoms with Crippen molar-refractivity contribution < 1.29 is 0 Å². The van der Waals surface area contributed by atoms with E-state index in [1.54, 1.807) is 11.3 Å². The molecule has 1 aromatic heterocycles. The van der Waals surface area contributed by atoms with Crippen molar-refractivity contribution in [1.82, 2.24) is 4.57 Å². The lowest BCUT2D eigenvalue weighted by Crippen LogP contribution is -2.17. The molecule has 4 aromatic rings. The maximum Gasteiger partial charge on any atom is 0.190 e. The largest absolute Gasteiger partial charge is 0.312 e. The predicted molar refractivity (Wildman–Crippen MR) is 125 cm³/mol. The quantitative estimate of drug-likeness (QED) is 0.329. The van der Waals surface area contributed by atoms with Gasteiger partial charge in [0.2, 0.25) is 0 Å². The molecule has 0 saturated heterocycles. The number of thiazole rings is 1. The lowest BCUT2D eigenvalue weighted by molar-refractivity contribution is 0.777. The molecule has 1 heterocycles. The van der Waals surface area contributed by atoms with Crippen molar-refractivity contribution >= 4 is 34.0 Å². The molecule has 0 fully saturated rings. The summed E-state index contributed by atoms with van der Waals surface area (Å²) in [5.74, 6) is 0. The predicted octanol–water partition coefficient (Wildman–Crippen LogP) is 6.69. The van der Waals surface area contributed by atoms with E-state index in [1.165, 1.54) is 27.9 Å². The second kappa shape index (κ2) is 9.18. The molecule has 142 valence electrons. The molecule has 0 unspecified atom stereocenters. The Bertz CT molecular complexity index is 1110. The number of para-hydroxylation sites is 1. The number of nitrogens with zero attached hydrogens (tertiary/aromatic N) is 2. The molecule has 0 radical (unpaired) electrons. The minimum atomic E-state index is 0. The molecule has 3 aromatic carbocycles. The second-order valence-electron chi connectivity index (χ2n) is 6.74. The standard InChI is InChI=1S/C24H22N2S.BrH/c1-18-13-14-19(2)22(15-18)23-17-27-24(25-21-11-7-4-8-12-21)26(23)16-20-9-5-3-6-10-20;/h3-15,17H,16H2,1-2H3;1H. The van der Waals surface area contributed by atoms with E-state index in [4.69, 9.17) is 4.99 Å². The molecule has 2 nitrogen and oxygen atoms in total. The van der Waals surface area contributed by atoms with Crippen LogP contribution in [0.15, 0.2) is 89.2 Å². The second-order valence-corrected chi connectivity index (χ2v) is 7.58. The van der Waals surface area contributed by atoms with E-state index in [2.05, 4.69) is 72.3 Å². The highest BCUT2D eigenvalue weighted by atomic mass is 79.9. The van der Waals surface area contributed by atoms with Crippen LogP contribution in [0.1, 0.15) is 16.7 Å². The maximum atomic E-state index is 4.92. The van der Waals surface area contributed by atoms with Gasteiger partial charge in [0.25, 0.3) is 0 Å². The van der Waals surface area contributed by atoms with E-state index in [0.29, 0.717) is 0 Å². The smallest absolute Gasteiger partial charge is 0.190 e. The molecule has 0 N–H and O–H groups in total. The summed E-state index contributed by atoms with van der Waals surface area (Å²) in [6, 6.07) is 27.4. The summed E-state index contributed by atoms with van der Waals surface area (Å²) in [6.45, 7) is 5.12. The van der Waals surface area contributed by atoms with Crippen molar-refractivity contribution in [2.24, 2.45) is 4.99 Å². The van der Waals surface area contributed by atoms with Gasteiger partial charge >= 0.3 is 0 Å². The van der Waals surface area contributed by atoms with Crippen LogP contribution in [-0.4, -0.2) is 4.57 Å². The first-order chi connectivity index (χ1) is 13.2. The molecule has 0 bridgehead atoms. The van der Waals surface area contributed by atoms with Crippen molar-refractivity contribution in [3.8, 4) is 11.3 Å². The van der Waals surface area contributed by atoms with Gasteiger partial charge in [-0.15, -0.1) is 28.3 Å². The van der Waals surface area contributed by atoms with E-state index in [1.807, 2.05) is 30.3 Å². The van der Waals surface area contributed by atoms with Gasteiger partial charge in [-0.2, -0.15) is 0 Å². The highest BCUT2D eigenvalue weighted by Crippen LogP contribution is 2.26. The fraction of sp³-hybridized carbons (Fsp3) is 0.125. The average molecular weight is 451 g/mol. The molecule has 0 aliphatic rings. The topological polar surface area (TPSA) is 17.3 Å². The lowest BCUT2D eigenvalue weighted by Gasteiger charge is -2.12. The number of aromatic nitrogens is 1. The van der Waals surface area contributed by atoms with Crippen LogP contribution >= 0.6 is 28.3 Å². The number of rotatable bonds is 4. The molecule has 4 heteroatoms. The van der Waals surface area contributed by atoms with E-state index in [-0.39, 0.29) is 17.0 Å². The Morgan fingerprint density at radius 3 is 2.25 bits per heavy atom. The van der Waals surface area contributed by atoms with Gasteiger partial charge in [0.1, 0.15) is 0 Å². The molecule has 0 atom stereocenters. The molecular weight excluding hydrogens is 428 g/mol. The summed E-state index contributed by atoms with van der Waals surface area (Å²) in [7, 11) is 0. The third-order valence-corrected chi connectivity index (χ3v) is 5.49. The molecule has 0 aliphatic heterocycles. The van der Waals surface area contributed by atoms with Gasteiger partial charge in [0, 0.05) is 10.9 Å². The minimum absolute atomic E-state index is 0. The van der Waals surface area contributed by atoms with Crippen molar-refractivity contribution in [2.45, 2.75) is 20.4 Å². The molecule has 28 heavy (non-hydrogen) atoms. The highest BCUT2D eigenvalue weighted by Gasteiger charge is 2.11. The van der Waals surface area contributed by atoms with Gasteiger partial charge < -0.3 is 4.57 Å². The van der Waals surface area contributed by atoms with Crippen LogP contribution in [-0.2, 0) is 6.54 Å². The van der Waals surface area contributed by atoms with Gasteiger partial charge in [0.05, 0.1) is 17.9 Å². The molecule has 0 spiro atoms. The van der Waals surface area contributed by atoms with Crippen molar-refractivity contribution in [2.75, 3.05) is 0 Å². The van der Waals surface area contributed by atoms with Crippen LogP contribution in [0.4, 0.5) is 5.69 Å². The van der Waals surface area contributed by atoms with Gasteiger partial charge in [-0.3, -0.25) is 0 Å². The van der Waals surface area contributed by atoms with Gasteiger partial charge in [0.15, 0.2) is 4.80 Å². The Balaban J connectivity index is 0.00000225. The summed E-state index contributed by atoms with van der Waals surface area (Å²) in [5, 5.41) is 2.23. The van der Waals surface area contributed by atoms with Crippen LogP contribution in [0.2, 0.25) is 0 Å². The van der Waals surface area contributed by atoms with Gasteiger partial charge in [-0.25, -0.2) is 4.99 Å². The lowest BCUT2D eigenvalue weighted by atomic mass is 10.0. The molecule has 0 aliphatic carbocycles. The fourth-order valence-corrected chi connectivity index (χ4v) is 4.10. The summed E-state index contributed by atoms with van der Waals surface area (Å²) in [5.41, 5.74) is 7.31. The number of aryl methyl sites for hydroxylation is 2. The molecular formula is C24H23BrN2S. The first-order valence-electron chi connectivity index (χ1n) is 9.10. The Morgan fingerprint density at radius 1 is 0.857 bits per heavy atom. The molecule has 0 amide bonds. The first-order valence-corrected chi connectivity index (χ1v) is 9.98. The SMILES string of the molecule is Br.Cc1ccc(C)c(-c2csc(=Nc3ccccc3)n2Cc2ccccc2)c1. The average Bonchev–Trinajstić information content (AvgIpc) is 3.07. The number of hydrogen-bond acceptors (Lipinski definition) is 2. The van der Waals surface area contributed by atoms with Crippen molar-refractivity contribution in [3.63, 3.8) is 0 Å². The van der Waals surface area contributed by atoms with Gasteiger partial charge in [-0.1, -0.05) is 66.2 Å². The summed E-state index contributed by atoms with van der Waals surface area (Å²) in [4.78, 5) is 5.93.